The molecule has 1 fully saturated rings. The van der Waals surface area contributed by atoms with Gasteiger partial charge in [0.25, 0.3) is 5.91 Å². The number of benzene rings is 1. The zero-order valence-electron chi connectivity index (χ0n) is 14.1. The standard InChI is InChI=1S/C17H24FN3O3/c1-20(2)17(23)21-9-7-13(8-10-21)11-19-16(22)12-24-15-6-4-3-5-14(15)18/h3-6,13H,7-12H2,1-2H3,(H,19,22). The van der Waals surface area contributed by atoms with Crippen LogP contribution in [0.4, 0.5) is 9.18 Å². The smallest absolute Gasteiger partial charge is 0.319 e. The van der Waals surface area contributed by atoms with Gasteiger partial charge in [-0.05, 0) is 30.9 Å². The van der Waals surface area contributed by atoms with E-state index in [1.165, 1.54) is 12.1 Å². The second-order valence-corrected chi connectivity index (χ2v) is 6.13. The number of carbonyl (C=O) groups is 2. The molecule has 0 spiro atoms. The fraction of sp³-hybridized carbons (Fsp3) is 0.529. The Morgan fingerprint density at radius 2 is 1.96 bits per heavy atom. The summed E-state index contributed by atoms with van der Waals surface area (Å²) in [5, 5.41) is 2.81. The van der Waals surface area contributed by atoms with Crippen LogP contribution >= 0.6 is 0 Å². The summed E-state index contributed by atoms with van der Waals surface area (Å²) >= 11 is 0. The highest BCUT2D eigenvalue weighted by atomic mass is 19.1. The molecule has 1 aliphatic rings. The van der Waals surface area contributed by atoms with Crippen molar-refractivity contribution in [3.05, 3.63) is 30.1 Å². The van der Waals surface area contributed by atoms with E-state index in [2.05, 4.69) is 5.32 Å². The molecule has 0 radical (unpaired) electrons. The highest BCUT2D eigenvalue weighted by molar-refractivity contribution is 5.77. The van der Waals surface area contributed by atoms with E-state index in [0.29, 0.717) is 25.6 Å². The summed E-state index contributed by atoms with van der Waals surface area (Å²) in [6.45, 7) is 1.73. The van der Waals surface area contributed by atoms with E-state index in [4.69, 9.17) is 4.74 Å². The molecule has 0 aliphatic carbocycles. The summed E-state index contributed by atoms with van der Waals surface area (Å²) in [6, 6.07) is 6.01. The number of carbonyl (C=O) groups excluding carboxylic acids is 2. The van der Waals surface area contributed by atoms with E-state index in [1.54, 1.807) is 31.1 Å². The van der Waals surface area contributed by atoms with Crippen molar-refractivity contribution in [1.82, 2.24) is 15.1 Å². The Balaban J connectivity index is 1.66. The molecule has 1 aliphatic heterocycles. The van der Waals surface area contributed by atoms with Crippen LogP contribution in [0.3, 0.4) is 0 Å². The number of urea groups is 1. The molecular formula is C17H24FN3O3. The van der Waals surface area contributed by atoms with Crippen LogP contribution in [-0.4, -0.2) is 62.1 Å². The second-order valence-electron chi connectivity index (χ2n) is 6.13. The summed E-state index contributed by atoms with van der Waals surface area (Å²) in [6.07, 6.45) is 1.71. The maximum atomic E-state index is 13.4. The minimum Gasteiger partial charge on any atom is -0.481 e. The topological polar surface area (TPSA) is 61.9 Å². The third-order valence-corrected chi connectivity index (χ3v) is 4.05. The van der Waals surface area contributed by atoms with Crippen molar-refractivity contribution >= 4 is 11.9 Å². The van der Waals surface area contributed by atoms with Crippen LogP contribution in [-0.2, 0) is 4.79 Å². The number of rotatable bonds is 5. The van der Waals surface area contributed by atoms with Crippen LogP contribution < -0.4 is 10.1 Å². The summed E-state index contributed by atoms with van der Waals surface area (Å²) in [7, 11) is 3.48. The van der Waals surface area contributed by atoms with Gasteiger partial charge in [0.2, 0.25) is 0 Å². The first-order chi connectivity index (χ1) is 11.5. The number of nitrogens with one attached hydrogen (secondary N) is 1. The minimum atomic E-state index is -0.483. The summed E-state index contributed by atoms with van der Waals surface area (Å²) in [5.74, 6) is -0.343. The van der Waals surface area contributed by atoms with E-state index in [0.717, 1.165) is 12.8 Å². The van der Waals surface area contributed by atoms with Gasteiger partial charge in [-0.15, -0.1) is 0 Å². The van der Waals surface area contributed by atoms with Gasteiger partial charge in [-0.3, -0.25) is 4.79 Å². The Hall–Kier alpha value is -2.31. The van der Waals surface area contributed by atoms with Gasteiger partial charge in [0.15, 0.2) is 18.2 Å². The number of ether oxygens (including phenoxy) is 1. The fourth-order valence-corrected chi connectivity index (χ4v) is 2.63. The number of para-hydroxylation sites is 1. The lowest BCUT2D eigenvalue weighted by Crippen LogP contribution is -2.45. The largest absolute Gasteiger partial charge is 0.481 e. The molecular weight excluding hydrogens is 313 g/mol. The van der Waals surface area contributed by atoms with Gasteiger partial charge in [0.05, 0.1) is 0 Å². The van der Waals surface area contributed by atoms with Crippen molar-refractivity contribution in [3.8, 4) is 5.75 Å². The SMILES string of the molecule is CN(C)C(=O)N1CCC(CNC(=O)COc2ccccc2F)CC1. The van der Waals surface area contributed by atoms with Crippen molar-refractivity contribution in [2.75, 3.05) is 40.3 Å². The van der Waals surface area contributed by atoms with E-state index in [1.807, 2.05) is 4.90 Å². The van der Waals surface area contributed by atoms with Gasteiger partial charge in [-0.25, -0.2) is 9.18 Å². The first-order valence-electron chi connectivity index (χ1n) is 8.07. The summed E-state index contributed by atoms with van der Waals surface area (Å²) in [4.78, 5) is 27.0. The molecule has 2 rings (SSSR count). The van der Waals surface area contributed by atoms with Crippen LogP contribution in [0.15, 0.2) is 24.3 Å². The monoisotopic (exact) mass is 337 g/mol. The normalized spacial score (nSPS) is 15.0. The number of amides is 3. The molecule has 1 aromatic carbocycles. The predicted octanol–water partition coefficient (Wildman–Crippen LogP) is 1.71. The molecule has 0 atom stereocenters. The Morgan fingerprint density at radius 1 is 1.29 bits per heavy atom. The molecule has 1 N–H and O–H groups in total. The zero-order chi connectivity index (χ0) is 17.5. The second kappa shape index (κ2) is 8.52. The molecule has 24 heavy (non-hydrogen) atoms. The minimum absolute atomic E-state index is 0.0239. The lowest BCUT2D eigenvalue weighted by atomic mass is 9.97. The van der Waals surface area contributed by atoms with Gasteiger partial charge in [0, 0.05) is 33.7 Å². The number of nitrogens with zero attached hydrogens (tertiary/aromatic N) is 2. The Morgan fingerprint density at radius 3 is 2.58 bits per heavy atom. The van der Waals surface area contributed by atoms with Gasteiger partial charge < -0.3 is 19.9 Å². The molecule has 1 aromatic rings. The van der Waals surface area contributed by atoms with Crippen molar-refractivity contribution in [2.45, 2.75) is 12.8 Å². The quantitative estimate of drug-likeness (QED) is 0.890. The Labute approximate surface area is 141 Å². The van der Waals surface area contributed by atoms with Crippen LogP contribution in [0.1, 0.15) is 12.8 Å². The van der Waals surface area contributed by atoms with Crippen molar-refractivity contribution in [3.63, 3.8) is 0 Å². The predicted molar refractivity (Wildman–Crippen MR) is 88.3 cm³/mol. The number of halogens is 1. The van der Waals surface area contributed by atoms with Crippen molar-refractivity contribution in [2.24, 2.45) is 5.92 Å². The van der Waals surface area contributed by atoms with Gasteiger partial charge in [-0.2, -0.15) is 0 Å². The maximum absolute atomic E-state index is 13.4. The van der Waals surface area contributed by atoms with Gasteiger partial charge in [0.1, 0.15) is 0 Å². The van der Waals surface area contributed by atoms with Gasteiger partial charge in [-0.1, -0.05) is 12.1 Å². The molecule has 6 nitrogen and oxygen atoms in total. The summed E-state index contributed by atoms with van der Waals surface area (Å²) in [5.41, 5.74) is 0. The van der Waals surface area contributed by atoms with E-state index in [9.17, 15) is 14.0 Å². The number of likely N-dealkylation sites (tertiary alicyclic amines) is 1. The molecule has 1 heterocycles. The van der Waals surface area contributed by atoms with Crippen molar-refractivity contribution in [1.29, 1.82) is 0 Å². The Bertz CT molecular complexity index is 572. The Kier molecular flexibility index (Phi) is 6.40. The van der Waals surface area contributed by atoms with E-state index in [-0.39, 0.29) is 24.3 Å². The third-order valence-electron chi connectivity index (χ3n) is 4.05. The van der Waals surface area contributed by atoms with Crippen LogP contribution in [0, 0.1) is 11.7 Å². The molecule has 0 saturated carbocycles. The lowest BCUT2D eigenvalue weighted by molar-refractivity contribution is -0.123. The van der Waals surface area contributed by atoms with Crippen LogP contribution in [0.5, 0.6) is 5.75 Å². The molecule has 0 bridgehead atoms. The summed E-state index contributed by atoms with van der Waals surface area (Å²) < 4.78 is 18.6. The first kappa shape index (κ1) is 18.0. The maximum Gasteiger partial charge on any atom is 0.319 e. The fourth-order valence-electron chi connectivity index (χ4n) is 2.63. The lowest BCUT2D eigenvalue weighted by Gasteiger charge is -2.33. The number of hydrogen-bond donors (Lipinski definition) is 1. The van der Waals surface area contributed by atoms with Crippen LogP contribution in [0.2, 0.25) is 0 Å². The number of hydrogen-bond acceptors (Lipinski definition) is 3. The van der Waals surface area contributed by atoms with Crippen LogP contribution in [0.25, 0.3) is 0 Å². The van der Waals surface area contributed by atoms with Gasteiger partial charge >= 0.3 is 6.03 Å². The molecule has 3 amide bonds. The van der Waals surface area contributed by atoms with Crippen molar-refractivity contribution < 1.29 is 18.7 Å². The highest BCUT2D eigenvalue weighted by Crippen LogP contribution is 2.17. The van der Waals surface area contributed by atoms with E-state index >= 15 is 0 Å². The average molecular weight is 337 g/mol. The zero-order valence-corrected chi connectivity index (χ0v) is 14.1. The number of piperidine rings is 1. The molecule has 132 valence electrons. The molecule has 7 heteroatoms. The average Bonchev–Trinajstić information content (AvgIpc) is 2.59. The molecule has 0 aromatic heterocycles. The highest BCUT2D eigenvalue weighted by Gasteiger charge is 2.23. The molecule has 1 saturated heterocycles. The third kappa shape index (κ3) is 5.11. The molecule has 0 unspecified atom stereocenters. The van der Waals surface area contributed by atoms with E-state index < -0.39 is 5.82 Å². The first-order valence-corrected chi connectivity index (χ1v) is 8.07.